The van der Waals surface area contributed by atoms with Gasteiger partial charge in [0.15, 0.2) is 0 Å². The van der Waals surface area contributed by atoms with Crippen LogP contribution in [0.4, 0.5) is 0 Å². The summed E-state index contributed by atoms with van der Waals surface area (Å²) < 4.78 is 1.14. The van der Waals surface area contributed by atoms with Crippen LogP contribution in [0.1, 0.15) is 0 Å². The second kappa shape index (κ2) is 4.00. The number of hydrogen-bond donors (Lipinski definition) is 1. The molecule has 4 heteroatoms. The van der Waals surface area contributed by atoms with Crippen molar-refractivity contribution in [2.24, 2.45) is 0 Å². The lowest BCUT2D eigenvalue weighted by Crippen LogP contribution is -2.33. The molecule has 0 amide bonds. The highest BCUT2D eigenvalue weighted by atomic mass is 16.2. The third-order valence-corrected chi connectivity index (χ3v) is 2.82. The van der Waals surface area contributed by atoms with Crippen LogP contribution in [0.15, 0.2) is 64.2 Å². The Morgan fingerprint density at radius 3 is 2.28 bits per heavy atom. The van der Waals surface area contributed by atoms with Crippen LogP contribution in [-0.2, 0) is 0 Å². The first kappa shape index (κ1) is 10.5. The Bertz CT molecular complexity index is 816. The van der Waals surface area contributed by atoms with Gasteiger partial charge in [-0.1, -0.05) is 30.3 Å². The third kappa shape index (κ3) is 1.55. The maximum atomic E-state index is 12.3. The summed E-state index contributed by atoms with van der Waals surface area (Å²) in [5.74, 6) is 0. The molecule has 0 aliphatic carbocycles. The summed E-state index contributed by atoms with van der Waals surface area (Å²) in [6.07, 6.45) is 0. The van der Waals surface area contributed by atoms with E-state index in [0.717, 1.165) is 4.57 Å². The van der Waals surface area contributed by atoms with Crippen molar-refractivity contribution in [2.75, 3.05) is 0 Å². The van der Waals surface area contributed by atoms with E-state index < -0.39 is 5.69 Å². The normalized spacial score (nSPS) is 10.7. The average Bonchev–Trinajstić information content (AvgIpc) is 2.40. The quantitative estimate of drug-likeness (QED) is 0.701. The lowest BCUT2D eigenvalue weighted by molar-refractivity contribution is 0.901. The summed E-state index contributed by atoms with van der Waals surface area (Å²) >= 11 is 0. The molecule has 1 aromatic heterocycles. The van der Waals surface area contributed by atoms with Crippen LogP contribution < -0.4 is 11.2 Å². The number of benzene rings is 2. The topological polar surface area (TPSA) is 54.9 Å². The minimum absolute atomic E-state index is 0.305. The Labute approximate surface area is 102 Å². The first-order valence-corrected chi connectivity index (χ1v) is 5.57. The van der Waals surface area contributed by atoms with Crippen LogP contribution in [0.5, 0.6) is 0 Å². The van der Waals surface area contributed by atoms with Crippen molar-refractivity contribution in [3.8, 4) is 5.69 Å². The van der Waals surface area contributed by atoms with Gasteiger partial charge in [0, 0.05) is 0 Å². The van der Waals surface area contributed by atoms with Crippen molar-refractivity contribution in [3.05, 3.63) is 75.4 Å². The Morgan fingerprint density at radius 2 is 1.50 bits per heavy atom. The van der Waals surface area contributed by atoms with Gasteiger partial charge in [-0.05, 0) is 24.3 Å². The summed E-state index contributed by atoms with van der Waals surface area (Å²) in [6.45, 7) is 0. The van der Waals surface area contributed by atoms with E-state index in [2.05, 4.69) is 4.98 Å². The standard InChI is InChI=1S/C14H10N2O2/c17-13-11-8-4-5-9-12(11)15-14(18)16(13)10-6-2-1-3-7-10/h1-9H,(H,15,18). The van der Waals surface area contributed by atoms with Crippen LogP contribution in [0.3, 0.4) is 0 Å². The van der Waals surface area contributed by atoms with E-state index in [0.29, 0.717) is 16.6 Å². The highest BCUT2D eigenvalue weighted by Gasteiger charge is 2.07. The number of nitrogens with one attached hydrogen (secondary N) is 1. The minimum atomic E-state index is -0.426. The fourth-order valence-electron chi connectivity index (χ4n) is 1.97. The van der Waals surface area contributed by atoms with Gasteiger partial charge in [0.25, 0.3) is 5.56 Å². The molecule has 0 aliphatic rings. The summed E-state index contributed by atoms with van der Waals surface area (Å²) in [5.41, 5.74) is 0.389. The molecule has 0 atom stereocenters. The van der Waals surface area contributed by atoms with Gasteiger partial charge in [-0.2, -0.15) is 0 Å². The summed E-state index contributed by atoms with van der Waals surface area (Å²) in [4.78, 5) is 27.0. The number of aromatic amines is 1. The molecule has 0 unspecified atom stereocenters. The number of para-hydroxylation sites is 2. The van der Waals surface area contributed by atoms with E-state index in [9.17, 15) is 9.59 Å². The molecule has 18 heavy (non-hydrogen) atoms. The predicted molar refractivity (Wildman–Crippen MR) is 70.2 cm³/mol. The second-order valence-corrected chi connectivity index (χ2v) is 3.95. The van der Waals surface area contributed by atoms with E-state index in [4.69, 9.17) is 0 Å². The van der Waals surface area contributed by atoms with Gasteiger partial charge < -0.3 is 4.98 Å². The number of aromatic nitrogens is 2. The van der Waals surface area contributed by atoms with Gasteiger partial charge in [0.05, 0.1) is 16.6 Å². The SMILES string of the molecule is O=c1[nH]c2ccccc2c(=O)n1-c1ccccc1. The Balaban J connectivity index is 2.45. The smallest absolute Gasteiger partial charge is 0.306 e. The van der Waals surface area contributed by atoms with Crippen molar-refractivity contribution in [1.29, 1.82) is 0 Å². The van der Waals surface area contributed by atoms with Gasteiger partial charge >= 0.3 is 5.69 Å². The van der Waals surface area contributed by atoms with Crippen LogP contribution in [0.2, 0.25) is 0 Å². The van der Waals surface area contributed by atoms with Crippen molar-refractivity contribution < 1.29 is 0 Å². The molecule has 2 aromatic carbocycles. The molecular formula is C14H10N2O2. The third-order valence-electron chi connectivity index (χ3n) is 2.82. The van der Waals surface area contributed by atoms with E-state index in [-0.39, 0.29) is 5.56 Å². The molecule has 1 heterocycles. The highest BCUT2D eigenvalue weighted by Crippen LogP contribution is 2.06. The molecule has 3 aromatic rings. The minimum Gasteiger partial charge on any atom is -0.306 e. The molecule has 0 saturated heterocycles. The number of nitrogens with zero attached hydrogens (tertiary/aromatic N) is 1. The van der Waals surface area contributed by atoms with Crippen molar-refractivity contribution >= 4 is 10.9 Å². The maximum Gasteiger partial charge on any atom is 0.333 e. The molecule has 0 spiro atoms. The maximum absolute atomic E-state index is 12.3. The average molecular weight is 238 g/mol. The summed E-state index contributed by atoms with van der Waals surface area (Å²) in [7, 11) is 0. The Kier molecular flexibility index (Phi) is 2.34. The van der Waals surface area contributed by atoms with Gasteiger partial charge in [-0.3, -0.25) is 4.79 Å². The van der Waals surface area contributed by atoms with Gasteiger partial charge in [-0.15, -0.1) is 0 Å². The molecule has 0 fully saturated rings. The monoisotopic (exact) mass is 238 g/mol. The highest BCUT2D eigenvalue weighted by molar-refractivity contribution is 5.77. The molecule has 0 saturated carbocycles. The fraction of sp³-hybridized carbons (Fsp3) is 0. The van der Waals surface area contributed by atoms with Crippen molar-refractivity contribution in [3.63, 3.8) is 0 Å². The van der Waals surface area contributed by atoms with Crippen LogP contribution >= 0.6 is 0 Å². The number of hydrogen-bond acceptors (Lipinski definition) is 2. The predicted octanol–water partition coefficient (Wildman–Crippen LogP) is 1.68. The number of fused-ring (bicyclic) bond motifs is 1. The lowest BCUT2D eigenvalue weighted by Gasteiger charge is -2.05. The summed E-state index contributed by atoms with van der Waals surface area (Å²) in [6, 6.07) is 15.8. The molecule has 0 radical (unpaired) electrons. The fourth-order valence-corrected chi connectivity index (χ4v) is 1.97. The van der Waals surface area contributed by atoms with Crippen LogP contribution in [-0.4, -0.2) is 9.55 Å². The van der Waals surface area contributed by atoms with E-state index in [1.54, 1.807) is 48.5 Å². The van der Waals surface area contributed by atoms with Crippen molar-refractivity contribution in [2.45, 2.75) is 0 Å². The first-order chi connectivity index (χ1) is 8.77. The van der Waals surface area contributed by atoms with Gasteiger partial charge in [0.2, 0.25) is 0 Å². The van der Waals surface area contributed by atoms with Crippen molar-refractivity contribution in [1.82, 2.24) is 9.55 Å². The molecule has 4 nitrogen and oxygen atoms in total. The largest absolute Gasteiger partial charge is 0.333 e. The van der Waals surface area contributed by atoms with E-state index in [1.807, 2.05) is 6.07 Å². The Morgan fingerprint density at radius 1 is 0.833 bits per heavy atom. The lowest BCUT2D eigenvalue weighted by atomic mass is 10.2. The van der Waals surface area contributed by atoms with Crippen LogP contribution in [0, 0.1) is 0 Å². The van der Waals surface area contributed by atoms with E-state index >= 15 is 0 Å². The second-order valence-electron chi connectivity index (χ2n) is 3.95. The summed E-state index contributed by atoms with van der Waals surface area (Å²) in [5, 5.41) is 0.501. The zero-order valence-electron chi connectivity index (χ0n) is 9.46. The molecule has 0 aliphatic heterocycles. The number of H-pyrrole nitrogens is 1. The van der Waals surface area contributed by atoms with Gasteiger partial charge in [-0.25, -0.2) is 9.36 Å². The van der Waals surface area contributed by atoms with Gasteiger partial charge in [0.1, 0.15) is 0 Å². The molecule has 88 valence electrons. The number of rotatable bonds is 1. The zero-order valence-corrected chi connectivity index (χ0v) is 9.46. The zero-order chi connectivity index (χ0) is 12.5. The molecule has 1 N–H and O–H groups in total. The molecule has 3 rings (SSSR count). The first-order valence-electron chi connectivity index (χ1n) is 5.57. The molecule has 0 bridgehead atoms. The molecular weight excluding hydrogens is 228 g/mol. The van der Waals surface area contributed by atoms with E-state index in [1.165, 1.54) is 0 Å². The van der Waals surface area contributed by atoms with Crippen LogP contribution in [0.25, 0.3) is 16.6 Å². The Hall–Kier alpha value is -2.62.